The molecule has 3 N–H and O–H groups in total. The molecule has 35 heavy (non-hydrogen) atoms. The van der Waals surface area contributed by atoms with Gasteiger partial charge in [0.15, 0.2) is 0 Å². The van der Waals surface area contributed by atoms with Gasteiger partial charge in [0.25, 0.3) is 0 Å². The fraction of sp³-hybridized carbons (Fsp3) is 0.400. The van der Waals surface area contributed by atoms with E-state index in [1.165, 1.54) is 11.9 Å². The highest BCUT2D eigenvalue weighted by molar-refractivity contribution is 9.09. The highest BCUT2D eigenvalue weighted by Gasteiger charge is 2.77. The molecule has 0 aliphatic carbocycles. The van der Waals surface area contributed by atoms with Crippen LogP contribution in [0.4, 0.5) is 5.69 Å². The molecule has 3 fully saturated rings. The van der Waals surface area contributed by atoms with E-state index in [1.54, 1.807) is 48.5 Å². The molecule has 0 radical (unpaired) electrons. The Balaban J connectivity index is 1.62. The predicted molar refractivity (Wildman–Crippen MR) is 133 cm³/mol. The van der Waals surface area contributed by atoms with Crippen LogP contribution in [0.3, 0.4) is 0 Å². The first-order chi connectivity index (χ1) is 16.8. The zero-order valence-electron chi connectivity index (χ0n) is 18.9. The maximum absolute atomic E-state index is 14.1. The van der Waals surface area contributed by atoms with Gasteiger partial charge in [0, 0.05) is 11.9 Å². The van der Waals surface area contributed by atoms with Crippen LogP contribution in [0.1, 0.15) is 18.0 Å². The van der Waals surface area contributed by atoms with Crippen LogP contribution >= 0.6 is 27.5 Å². The molecule has 10 heteroatoms. The first-order valence-electron chi connectivity index (χ1n) is 11.4. The van der Waals surface area contributed by atoms with E-state index < -0.39 is 48.1 Å². The summed E-state index contributed by atoms with van der Waals surface area (Å²) in [5.74, 6) is -2.81. The summed E-state index contributed by atoms with van der Waals surface area (Å²) in [7, 11) is 1.52. The number of nitrogens with zero attached hydrogens (tertiary/aromatic N) is 1. The molecule has 1 spiro atoms. The van der Waals surface area contributed by atoms with Gasteiger partial charge >= 0.3 is 0 Å². The molecule has 0 saturated carbocycles. The van der Waals surface area contributed by atoms with Crippen molar-refractivity contribution in [1.82, 2.24) is 10.2 Å². The number of halogens is 2. The molecule has 184 valence electrons. The van der Waals surface area contributed by atoms with Crippen LogP contribution in [0.2, 0.25) is 5.02 Å². The van der Waals surface area contributed by atoms with Gasteiger partial charge in [0.1, 0.15) is 11.6 Å². The van der Waals surface area contributed by atoms with Gasteiger partial charge in [0.05, 0.1) is 41.3 Å². The minimum absolute atomic E-state index is 0.214. The Morgan fingerprint density at radius 1 is 1.20 bits per heavy atom. The molecule has 2 aromatic carbocycles. The molecule has 8 nitrogen and oxygen atoms in total. The second-order valence-electron chi connectivity index (χ2n) is 9.10. The number of hydrogen-bond donors (Lipinski definition) is 3. The van der Waals surface area contributed by atoms with E-state index in [4.69, 9.17) is 16.3 Å². The number of carbonyl (C=O) groups excluding carboxylic acids is 3. The van der Waals surface area contributed by atoms with Crippen molar-refractivity contribution in [3.8, 4) is 0 Å². The molecule has 3 aliphatic heterocycles. The minimum Gasteiger partial charge on any atom is -0.394 e. The third-order valence-electron chi connectivity index (χ3n) is 7.35. The summed E-state index contributed by atoms with van der Waals surface area (Å²) in [5, 5.41) is 16.3. The molecule has 3 heterocycles. The first-order valence-corrected chi connectivity index (χ1v) is 12.7. The molecule has 3 unspecified atom stereocenters. The summed E-state index contributed by atoms with van der Waals surface area (Å²) in [6.45, 7) is -0.403. The average molecular weight is 563 g/mol. The van der Waals surface area contributed by atoms with Gasteiger partial charge in [-0.3, -0.25) is 14.4 Å². The lowest BCUT2D eigenvalue weighted by molar-refractivity contribution is -0.144. The topological polar surface area (TPSA) is 108 Å². The van der Waals surface area contributed by atoms with E-state index in [2.05, 4.69) is 26.6 Å². The van der Waals surface area contributed by atoms with Gasteiger partial charge in [-0.25, -0.2) is 0 Å². The fourth-order valence-corrected chi connectivity index (χ4v) is 7.09. The number of fused-ring (bicyclic) bond motifs is 1. The Kier molecular flexibility index (Phi) is 6.37. The largest absolute Gasteiger partial charge is 0.394 e. The number of ether oxygens (including phenoxy) is 1. The summed E-state index contributed by atoms with van der Waals surface area (Å²) in [5.41, 5.74) is -0.158. The van der Waals surface area contributed by atoms with Crippen molar-refractivity contribution in [1.29, 1.82) is 0 Å². The number of benzene rings is 2. The molecule has 5 rings (SSSR count). The number of aliphatic hydroxyl groups excluding tert-OH is 1. The molecular weight excluding hydrogens is 538 g/mol. The van der Waals surface area contributed by atoms with Crippen LogP contribution in [0.5, 0.6) is 0 Å². The van der Waals surface area contributed by atoms with Crippen LogP contribution in [0.25, 0.3) is 0 Å². The van der Waals surface area contributed by atoms with Crippen molar-refractivity contribution in [2.75, 3.05) is 19.0 Å². The Bertz CT molecular complexity index is 1170. The van der Waals surface area contributed by atoms with Crippen LogP contribution < -0.4 is 10.6 Å². The monoisotopic (exact) mass is 561 g/mol. The predicted octanol–water partition coefficient (Wildman–Crippen LogP) is 2.51. The van der Waals surface area contributed by atoms with E-state index in [1.807, 2.05) is 6.07 Å². The summed E-state index contributed by atoms with van der Waals surface area (Å²) in [6, 6.07) is 14.0. The van der Waals surface area contributed by atoms with Crippen molar-refractivity contribution < 1.29 is 24.2 Å². The van der Waals surface area contributed by atoms with Gasteiger partial charge in [-0.15, -0.1) is 0 Å². The Morgan fingerprint density at radius 3 is 2.54 bits per heavy atom. The van der Waals surface area contributed by atoms with E-state index in [-0.39, 0.29) is 16.6 Å². The standard InChI is InChI=1S/C25H25BrClN3O5/c1-28-22(32)18-19-24(34)30(17(12-31)13-7-3-2-4-8-13)21(25(19)11-14(26)20(18)35-25)23(33)29-16-10-6-5-9-15(16)27/h2-10,14,17-21,31H,11-12H2,1H3,(H,28,32)(H,29,33)/t14?,17-,18+,19+,20+,21?,25?/m1/s1. The van der Waals surface area contributed by atoms with Crippen LogP contribution in [0.15, 0.2) is 54.6 Å². The van der Waals surface area contributed by atoms with Crippen molar-refractivity contribution in [2.24, 2.45) is 11.8 Å². The SMILES string of the molecule is CNC(=O)[C@H]1[C@H]2C(=O)N([C@H](CO)c3ccccc3)C(C(=O)Nc3ccccc3Cl)C23CC(Br)[C@@H]1O3. The third kappa shape index (κ3) is 3.67. The number of alkyl halides is 1. The van der Waals surface area contributed by atoms with Gasteiger partial charge in [-0.05, 0) is 24.1 Å². The second-order valence-corrected chi connectivity index (χ2v) is 10.7. The minimum atomic E-state index is -1.24. The lowest BCUT2D eigenvalue weighted by atomic mass is 9.70. The molecule has 2 aromatic rings. The van der Waals surface area contributed by atoms with Gasteiger partial charge < -0.3 is 25.4 Å². The normalized spacial score (nSPS) is 31.8. The fourth-order valence-electron chi connectivity index (χ4n) is 5.96. The van der Waals surface area contributed by atoms with Crippen LogP contribution in [-0.2, 0) is 19.1 Å². The number of para-hydroxylation sites is 1. The maximum atomic E-state index is 14.1. The van der Waals surface area contributed by atoms with Crippen molar-refractivity contribution in [3.63, 3.8) is 0 Å². The zero-order valence-corrected chi connectivity index (χ0v) is 21.2. The summed E-state index contributed by atoms with van der Waals surface area (Å²) >= 11 is 9.92. The van der Waals surface area contributed by atoms with E-state index in [0.717, 1.165) is 0 Å². The molecule has 0 aromatic heterocycles. The average Bonchev–Trinajstić information content (AvgIpc) is 3.45. The first kappa shape index (κ1) is 24.2. The smallest absolute Gasteiger partial charge is 0.250 e. The summed E-state index contributed by atoms with van der Waals surface area (Å²) in [4.78, 5) is 42.1. The lowest BCUT2D eigenvalue weighted by Crippen LogP contribution is -2.55. The number of aliphatic hydroxyl groups is 1. The number of hydrogen-bond acceptors (Lipinski definition) is 5. The van der Waals surface area contributed by atoms with E-state index >= 15 is 0 Å². The number of likely N-dealkylation sites (tertiary alicyclic amines) is 1. The van der Waals surface area contributed by atoms with Gasteiger partial charge in [-0.1, -0.05) is 70.0 Å². The van der Waals surface area contributed by atoms with E-state index in [9.17, 15) is 19.5 Å². The van der Waals surface area contributed by atoms with E-state index in [0.29, 0.717) is 22.7 Å². The van der Waals surface area contributed by atoms with Crippen LogP contribution in [-0.4, -0.2) is 64.0 Å². The molecule has 7 atom stereocenters. The Hall–Kier alpha value is -2.46. The number of nitrogens with one attached hydrogen (secondary N) is 2. The molecule has 2 bridgehead atoms. The number of amides is 3. The van der Waals surface area contributed by atoms with Crippen molar-refractivity contribution in [2.45, 2.75) is 35.0 Å². The highest BCUT2D eigenvalue weighted by atomic mass is 79.9. The summed E-state index contributed by atoms with van der Waals surface area (Å²) < 4.78 is 6.42. The molecule has 3 aliphatic rings. The maximum Gasteiger partial charge on any atom is 0.250 e. The quantitative estimate of drug-likeness (QED) is 0.469. The number of anilines is 1. The highest BCUT2D eigenvalue weighted by Crippen LogP contribution is 2.61. The van der Waals surface area contributed by atoms with Crippen molar-refractivity contribution in [3.05, 3.63) is 65.2 Å². The lowest BCUT2D eigenvalue weighted by Gasteiger charge is -2.37. The van der Waals surface area contributed by atoms with Crippen LogP contribution in [0, 0.1) is 11.8 Å². The Morgan fingerprint density at radius 2 is 1.89 bits per heavy atom. The zero-order chi connectivity index (χ0) is 24.9. The van der Waals surface area contributed by atoms with Gasteiger partial charge in [0.2, 0.25) is 17.7 Å². The Labute approximate surface area is 216 Å². The van der Waals surface area contributed by atoms with Gasteiger partial charge in [-0.2, -0.15) is 0 Å². The molecule has 3 saturated heterocycles. The summed E-state index contributed by atoms with van der Waals surface area (Å²) in [6.07, 6.45) is -0.183. The molecular formula is C25H25BrClN3O5. The molecule has 3 amide bonds. The second kappa shape index (κ2) is 9.20. The number of rotatable bonds is 6. The third-order valence-corrected chi connectivity index (χ3v) is 8.52. The number of carbonyl (C=O) groups is 3. The van der Waals surface area contributed by atoms with Crippen molar-refractivity contribution >= 4 is 50.9 Å².